The van der Waals surface area contributed by atoms with E-state index in [0.717, 1.165) is 5.56 Å². The number of benzene rings is 1. The van der Waals surface area contributed by atoms with Crippen LogP contribution in [0.25, 0.3) is 0 Å². The molecule has 17 heavy (non-hydrogen) atoms. The zero-order valence-corrected chi connectivity index (χ0v) is 9.09. The number of hydrogen-bond donors (Lipinski definition) is 4. The third kappa shape index (κ3) is 5.41. The Kier molecular flexibility index (Phi) is 4.80. The third-order valence-electron chi connectivity index (χ3n) is 2.15. The third-order valence-corrected chi connectivity index (χ3v) is 2.15. The van der Waals surface area contributed by atoms with E-state index >= 15 is 0 Å². The Hall–Kier alpha value is -2.24. The van der Waals surface area contributed by atoms with Gasteiger partial charge in [0, 0.05) is 6.54 Å². The van der Waals surface area contributed by atoms with Crippen LogP contribution in [0.4, 0.5) is 9.59 Å². The molecule has 6 nitrogen and oxygen atoms in total. The van der Waals surface area contributed by atoms with Gasteiger partial charge in [-0.3, -0.25) is 0 Å². The second kappa shape index (κ2) is 6.37. The van der Waals surface area contributed by atoms with Gasteiger partial charge in [0.15, 0.2) is 0 Å². The Morgan fingerprint density at radius 2 is 1.76 bits per heavy atom. The minimum absolute atomic E-state index is 0.0382. The molecule has 0 radical (unpaired) electrons. The molecule has 1 aromatic rings. The van der Waals surface area contributed by atoms with Crippen LogP contribution >= 0.6 is 0 Å². The Morgan fingerprint density at radius 1 is 1.12 bits per heavy atom. The summed E-state index contributed by atoms with van der Waals surface area (Å²) in [6.07, 6.45) is -1.90. The highest BCUT2D eigenvalue weighted by Crippen LogP contribution is 2.02. The summed E-state index contributed by atoms with van der Waals surface area (Å²) in [6, 6.07) is 8.79. The van der Waals surface area contributed by atoms with Gasteiger partial charge in [-0.1, -0.05) is 30.3 Å². The maximum atomic E-state index is 10.6. The zero-order valence-electron chi connectivity index (χ0n) is 9.09. The van der Waals surface area contributed by atoms with E-state index in [2.05, 4.69) is 10.6 Å². The second-order valence-electron chi connectivity index (χ2n) is 3.52. The summed E-state index contributed by atoms with van der Waals surface area (Å²) in [5.41, 5.74) is 0.943. The van der Waals surface area contributed by atoms with E-state index in [1.54, 1.807) is 0 Å². The van der Waals surface area contributed by atoms with E-state index in [4.69, 9.17) is 10.2 Å². The smallest absolute Gasteiger partial charge is 0.404 e. The van der Waals surface area contributed by atoms with Gasteiger partial charge in [-0.15, -0.1) is 0 Å². The monoisotopic (exact) mass is 238 g/mol. The molecule has 1 rings (SSSR count). The quantitative estimate of drug-likeness (QED) is 0.618. The first kappa shape index (κ1) is 12.8. The SMILES string of the molecule is O=C(O)NCC(Cc1ccccc1)NC(=O)O. The van der Waals surface area contributed by atoms with Crippen molar-refractivity contribution >= 4 is 12.2 Å². The van der Waals surface area contributed by atoms with Gasteiger partial charge < -0.3 is 20.8 Å². The average Bonchev–Trinajstić information content (AvgIpc) is 2.26. The fourth-order valence-corrected chi connectivity index (χ4v) is 1.46. The number of hydrogen-bond acceptors (Lipinski definition) is 2. The van der Waals surface area contributed by atoms with Crippen molar-refractivity contribution in [2.75, 3.05) is 6.54 Å². The maximum Gasteiger partial charge on any atom is 0.404 e. The normalized spacial score (nSPS) is 11.5. The summed E-state index contributed by atoms with van der Waals surface area (Å²) < 4.78 is 0. The molecule has 0 aliphatic carbocycles. The highest BCUT2D eigenvalue weighted by molar-refractivity contribution is 5.66. The van der Waals surface area contributed by atoms with Gasteiger partial charge in [0.05, 0.1) is 6.04 Å². The van der Waals surface area contributed by atoms with Gasteiger partial charge in [-0.05, 0) is 12.0 Å². The molecule has 0 aliphatic rings. The lowest BCUT2D eigenvalue weighted by Crippen LogP contribution is -2.44. The summed E-state index contributed by atoms with van der Waals surface area (Å²) in [5, 5.41) is 21.6. The first-order valence-corrected chi connectivity index (χ1v) is 5.08. The standard InChI is InChI=1S/C11H14N2O4/c14-10(15)12-7-9(13-11(16)17)6-8-4-2-1-3-5-8/h1-5,9,12-13H,6-7H2,(H,14,15)(H,16,17). The van der Waals surface area contributed by atoms with Crippen molar-refractivity contribution in [3.05, 3.63) is 35.9 Å². The molecule has 0 saturated heterocycles. The van der Waals surface area contributed by atoms with Crippen LogP contribution in [0.3, 0.4) is 0 Å². The van der Waals surface area contributed by atoms with Crippen molar-refractivity contribution < 1.29 is 19.8 Å². The molecule has 6 heteroatoms. The first-order valence-electron chi connectivity index (χ1n) is 5.08. The van der Waals surface area contributed by atoms with Gasteiger partial charge in [-0.25, -0.2) is 9.59 Å². The van der Waals surface area contributed by atoms with Crippen LogP contribution in [0.15, 0.2) is 30.3 Å². The molecule has 0 saturated carbocycles. The fourth-order valence-electron chi connectivity index (χ4n) is 1.46. The Bertz CT molecular complexity index is 380. The molecular formula is C11H14N2O4. The number of rotatable bonds is 5. The van der Waals surface area contributed by atoms with Gasteiger partial charge >= 0.3 is 12.2 Å². The topological polar surface area (TPSA) is 98.7 Å². The van der Waals surface area contributed by atoms with Crippen molar-refractivity contribution in [2.24, 2.45) is 0 Å². The summed E-state index contributed by atoms with van der Waals surface area (Å²) >= 11 is 0. The second-order valence-corrected chi connectivity index (χ2v) is 3.52. The number of amides is 2. The molecular weight excluding hydrogens is 224 g/mol. The Balaban J connectivity index is 2.56. The predicted molar refractivity (Wildman–Crippen MR) is 61.1 cm³/mol. The van der Waals surface area contributed by atoms with E-state index in [1.807, 2.05) is 30.3 Å². The zero-order chi connectivity index (χ0) is 12.7. The lowest BCUT2D eigenvalue weighted by atomic mass is 10.1. The molecule has 2 amide bonds. The predicted octanol–water partition coefficient (Wildman–Crippen LogP) is 1.13. The van der Waals surface area contributed by atoms with E-state index < -0.39 is 18.2 Å². The largest absolute Gasteiger partial charge is 0.465 e. The van der Waals surface area contributed by atoms with Gasteiger partial charge in [0.2, 0.25) is 0 Å². The number of carbonyl (C=O) groups is 2. The maximum absolute atomic E-state index is 10.6. The molecule has 0 aromatic heterocycles. The Morgan fingerprint density at radius 3 is 2.29 bits per heavy atom. The molecule has 0 spiro atoms. The van der Waals surface area contributed by atoms with Crippen molar-refractivity contribution in [1.29, 1.82) is 0 Å². The van der Waals surface area contributed by atoms with E-state index in [-0.39, 0.29) is 6.54 Å². The summed E-state index contributed by atoms with van der Waals surface area (Å²) in [6.45, 7) is 0.0382. The molecule has 1 aromatic carbocycles. The van der Waals surface area contributed by atoms with Crippen LogP contribution in [0, 0.1) is 0 Å². The summed E-state index contributed by atoms with van der Waals surface area (Å²) in [7, 11) is 0. The molecule has 92 valence electrons. The van der Waals surface area contributed by atoms with Crippen LogP contribution in [0.5, 0.6) is 0 Å². The highest BCUT2D eigenvalue weighted by atomic mass is 16.4. The van der Waals surface area contributed by atoms with E-state index in [1.165, 1.54) is 0 Å². The highest BCUT2D eigenvalue weighted by Gasteiger charge is 2.13. The van der Waals surface area contributed by atoms with Gasteiger partial charge in [-0.2, -0.15) is 0 Å². The minimum Gasteiger partial charge on any atom is -0.465 e. The molecule has 0 bridgehead atoms. The minimum atomic E-state index is -1.17. The number of carboxylic acid groups (broad SMARTS) is 2. The van der Waals surface area contributed by atoms with Crippen molar-refractivity contribution in [1.82, 2.24) is 10.6 Å². The lowest BCUT2D eigenvalue weighted by molar-refractivity contribution is 0.183. The van der Waals surface area contributed by atoms with Gasteiger partial charge in [0.1, 0.15) is 0 Å². The molecule has 1 unspecified atom stereocenters. The summed E-state index contributed by atoms with van der Waals surface area (Å²) in [4.78, 5) is 20.9. The van der Waals surface area contributed by atoms with Crippen molar-refractivity contribution in [3.8, 4) is 0 Å². The first-order chi connectivity index (χ1) is 8.08. The fraction of sp³-hybridized carbons (Fsp3) is 0.273. The van der Waals surface area contributed by atoms with Crippen molar-refractivity contribution in [3.63, 3.8) is 0 Å². The molecule has 0 fully saturated rings. The van der Waals surface area contributed by atoms with Crippen LogP contribution in [0.1, 0.15) is 5.56 Å². The summed E-state index contributed by atoms with van der Waals surface area (Å²) in [5.74, 6) is 0. The van der Waals surface area contributed by atoms with Crippen LogP contribution < -0.4 is 10.6 Å². The van der Waals surface area contributed by atoms with Crippen LogP contribution in [0.2, 0.25) is 0 Å². The van der Waals surface area contributed by atoms with Gasteiger partial charge in [0.25, 0.3) is 0 Å². The number of nitrogens with one attached hydrogen (secondary N) is 2. The lowest BCUT2D eigenvalue weighted by Gasteiger charge is -2.16. The molecule has 1 atom stereocenters. The Labute approximate surface area is 98.3 Å². The van der Waals surface area contributed by atoms with Crippen LogP contribution in [-0.4, -0.2) is 35.0 Å². The molecule has 4 N–H and O–H groups in total. The van der Waals surface area contributed by atoms with Crippen molar-refractivity contribution in [2.45, 2.75) is 12.5 Å². The average molecular weight is 238 g/mol. The molecule has 0 heterocycles. The van der Waals surface area contributed by atoms with E-state index in [0.29, 0.717) is 6.42 Å². The van der Waals surface area contributed by atoms with E-state index in [9.17, 15) is 9.59 Å². The molecule has 0 aliphatic heterocycles. The van der Waals surface area contributed by atoms with Crippen LogP contribution in [-0.2, 0) is 6.42 Å².